The predicted octanol–water partition coefficient (Wildman–Crippen LogP) is 4.03. The number of hydrogen-bond donors (Lipinski definition) is 2. The van der Waals surface area contributed by atoms with Gasteiger partial charge in [0.1, 0.15) is 11.5 Å². The zero-order valence-corrected chi connectivity index (χ0v) is 12.1. The molecule has 3 heteroatoms. The van der Waals surface area contributed by atoms with E-state index in [4.69, 9.17) is 4.42 Å². The molecule has 1 aromatic heterocycles. The van der Waals surface area contributed by atoms with Gasteiger partial charge < -0.3 is 14.8 Å². The van der Waals surface area contributed by atoms with E-state index in [-0.39, 0.29) is 0 Å². The average Bonchev–Trinajstić information content (AvgIpc) is 2.97. The van der Waals surface area contributed by atoms with Crippen LogP contribution in [0.1, 0.15) is 60.2 Å². The van der Waals surface area contributed by atoms with Crippen LogP contribution in [0, 0.1) is 0 Å². The summed E-state index contributed by atoms with van der Waals surface area (Å²) in [5, 5.41) is 13.5. The SMILES string of the molecule is Oc1ccc2c(c1)CCCC2NC1CCCc2occc21. The topological polar surface area (TPSA) is 45.4 Å². The summed E-state index contributed by atoms with van der Waals surface area (Å²) in [5.74, 6) is 1.53. The highest BCUT2D eigenvalue weighted by Crippen LogP contribution is 2.37. The quantitative estimate of drug-likeness (QED) is 0.874. The Morgan fingerprint density at radius 2 is 1.81 bits per heavy atom. The standard InChI is InChI=1S/C18H21NO2/c20-13-7-8-14-12(11-13)3-1-4-16(14)19-17-5-2-6-18-15(17)9-10-21-18/h7-11,16-17,19-20H,1-6H2. The first kappa shape index (κ1) is 13.0. The minimum Gasteiger partial charge on any atom is -0.508 e. The van der Waals surface area contributed by atoms with E-state index in [1.165, 1.54) is 42.4 Å². The van der Waals surface area contributed by atoms with Gasteiger partial charge in [0.2, 0.25) is 0 Å². The summed E-state index contributed by atoms with van der Waals surface area (Å²) in [6.07, 6.45) is 8.67. The second-order valence-corrected chi connectivity index (χ2v) is 6.24. The Kier molecular flexibility index (Phi) is 3.23. The zero-order valence-electron chi connectivity index (χ0n) is 12.1. The fourth-order valence-corrected chi connectivity index (χ4v) is 3.88. The van der Waals surface area contributed by atoms with Gasteiger partial charge in [-0.25, -0.2) is 0 Å². The van der Waals surface area contributed by atoms with Crippen LogP contribution in [-0.2, 0) is 12.8 Å². The first-order valence-electron chi connectivity index (χ1n) is 7.95. The number of fused-ring (bicyclic) bond motifs is 2. The Balaban J connectivity index is 1.60. The van der Waals surface area contributed by atoms with Crippen LogP contribution in [0.3, 0.4) is 0 Å². The number of phenolic OH excluding ortho intramolecular Hbond substituents is 1. The van der Waals surface area contributed by atoms with Crippen molar-refractivity contribution in [2.75, 3.05) is 0 Å². The number of furan rings is 1. The summed E-state index contributed by atoms with van der Waals surface area (Å²) in [6, 6.07) is 8.72. The summed E-state index contributed by atoms with van der Waals surface area (Å²) in [5.41, 5.74) is 3.99. The second kappa shape index (κ2) is 5.23. The highest BCUT2D eigenvalue weighted by atomic mass is 16.3. The average molecular weight is 283 g/mol. The van der Waals surface area contributed by atoms with Gasteiger partial charge in [-0.3, -0.25) is 0 Å². The molecule has 0 fully saturated rings. The molecule has 0 aliphatic heterocycles. The third-order valence-corrected chi connectivity index (χ3v) is 4.90. The van der Waals surface area contributed by atoms with E-state index in [0.29, 0.717) is 17.8 Å². The van der Waals surface area contributed by atoms with E-state index in [9.17, 15) is 5.11 Å². The lowest BCUT2D eigenvalue weighted by Gasteiger charge is -2.32. The fourth-order valence-electron chi connectivity index (χ4n) is 3.88. The molecule has 0 saturated carbocycles. The van der Waals surface area contributed by atoms with Gasteiger partial charge in [0.25, 0.3) is 0 Å². The summed E-state index contributed by atoms with van der Waals surface area (Å²) >= 11 is 0. The van der Waals surface area contributed by atoms with Crippen LogP contribution in [0.2, 0.25) is 0 Å². The van der Waals surface area contributed by atoms with Crippen LogP contribution in [0.25, 0.3) is 0 Å². The minimum atomic E-state index is 0.379. The maximum Gasteiger partial charge on any atom is 0.115 e. The molecule has 21 heavy (non-hydrogen) atoms. The molecule has 0 saturated heterocycles. The van der Waals surface area contributed by atoms with Gasteiger partial charge in [-0.2, -0.15) is 0 Å². The number of aromatic hydroxyl groups is 1. The van der Waals surface area contributed by atoms with Crippen LogP contribution in [0.4, 0.5) is 0 Å². The van der Waals surface area contributed by atoms with E-state index in [0.717, 1.165) is 18.6 Å². The number of hydrogen-bond acceptors (Lipinski definition) is 3. The lowest BCUT2D eigenvalue weighted by molar-refractivity contribution is 0.353. The summed E-state index contributed by atoms with van der Waals surface area (Å²) in [7, 11) is 0. The van der Waals surface area contributed by atoms with Gasteiger partial charge >= 0.3 is 0 Å². The minimum absolute atomic E-state index is 0.379. The van der Waals surface area contributed by atoms with Crippen molar-refractivity contribution in [3.8, 4) is 5.75 Å². The molecule has 2 unspecified atom stereocenters. The largest absolute Gasteiger partial charge is 0.508 e. The molecule has 1 aromatic carbocycles. The Morgan fingerprint density at radius 1 is 1.00 bits per heavy atom. The molecule has 2 N–H and O–H groups in total. The van der Waals surface area contributed by atoms with Gasteiger partial charge in [0, 0.05) is 24.1 Å². The molecule has 0 amide bonds. The van der Waals surface area contributed by atoms with Crippen LogP contribution in [-0.4, -0.2) is 5.11 Å². The first-order valence-corrected chi connectivity index (χ1v) is 7.95. The Labute approximate surface area is 125 Å². The van der Waals surface area contributed by atoms with Crippen LogP contribution < -0.4 is 5.32 Å². The normalized spacial score (nSPS) is 24.4. The van der Waals surface area contributed by atoms with Crippen LogP contribution in [0.15, 0.2) is 34.9 Å². The maximum atomic E-state index is 9.67. The summed E-state index contributed by atoms with van der Waals surface area (Å²) in [6.45, 7) is 0. The molecular formula is C18H21NO2. The number of aryl methyl sites for hydroxylation is 2. The Bertz CT molecular complexity index is 646. The van der Waals surface area contributed by atoms with E-state index < -0.39 is 0 Å². The van der Waals surface area contributed by atoms with Gasteiger partial charge in [-0.05, 0) is 61.4 Å². The lowest BCUT2D eigenvalue weighted by atomic mass is 9.85. The third-order valence-electron chi connectivity index (χ3n) is 4.90. The molecule has 0 spiro atoms. The summed E-state index contributed by atoms with van der Waals surface area (Å²) < 4.78 is 5.59. The second-order valence-electron chi connectivity index (χ2n) is 6.24. The molecule has 4 rings (SSSR count). The van der Waals surface area contributed by atoms with Crippen molar-refractivity contribution < 1.29 is 9.52 Å². The molecule has 3 nitrogen and oxygen atoms in total. The third kappa shape index (κ3) is 2.36. The zero-order chi connectivity index (χ0) is 14.2. The van der Waals surface area contributed by atoms with Crippen LogP contribution in [0.5, 0.6) is 5.75 Å². The smallest absolute Gasteiger partial charge is 0.115 e. The highest BCUT2D eigenvalue weighted by molar-refractivity contribution is 5.38. The van der Waals surface area contributed by atoms with Crippen molar-refractivity contribution in [2.45, 2.75) is 50.6 Å². The Hall–Kier alpha value is -1.74. The van der Waals surface area contributed by atoms with Crippen molar-refractivity contribution in [1.29, 1.82) is 0 Å². The number of phenols is 1. The summed E-state index contributed by atoms with van der Waals surface area (Å²) in [4.78, 5) is 0. The maximum absolute atomic E-state index is 9.67. The molecular weight excluding hydrogens is 262 g/mol. The molecule has 2 aliphatic rings. The predicted molar refractivity (Wildman–Crippen MR) is 81.3 cm³/mol. The van der Waals surface area contributed by atoms with E-state index in [1.807, 2.05) is 18.4 Å². The van der Waals surface area contributed by atoms with Crippen LogP contribution >= 0.6 is 0 Å². The molecule has 0 bridgehead atoms. The molecule has 2 aromatic rings. The van der Waals surface area contributed by atoms with Crippen molar-refractivity contribution in [2.24, 2.45) is 0 Å². The van der Waals surface area contributed by atoms with E-state index in [1.54, 1.807) is 0 Å². The fraction of sp³-hybridized carbons (Fsp3) is 0.444. The molecule has 2 aliphatic carbocycles. The van der Waals surface area contributed by atoms with Crippen molar-refractivity contribution in [3.63, 3.8) is 0 Å². The highest BCUT2D eigenvalue weighted by Gasteiger charge is 2.27. The molecule has 110 valence electrons. The number of benzene rings is 1. The number of rotatable bonds is 2. The lowest BCUT2D eigenvalue weighted by Crippen LogP contribution is -2.30. The van der Waals surface area contributed by atoms with Gasteiger partial charge in [0.05, 0.1) is 6.26 Å². The van der Waals surface area contributed by atoms with Crippen molar-refractivity contribution >= 4 is 0 Å². The Morgan fingerprint density at radius 3 is 2.71 bits per heavy atom. The van der Waals surface area contributed by atoms with Gasteiger partial charge in [-0.1, -0.05) is 6.07 Å². The first-order chi connectivity index (χ1) is 10.3. The van der Waals surface area contributed by atoms with Gasteiger partial charge in [-0.15, -0.1) is 0 Å². The molecule has 2 atom stereocenters. The number of nitrogens with one attached hydrogen (secondary N) is 1. The molecule has 1 heterocycles. The van der Waals surface area contributed by atoms with Crippen molar-refractivity contribution in [1.82, 2.24) is 5.32 Å². The molecule has 0 radical (unpaired) electrons. The van der Waals surface area contributed by atoms with E-state index in [2.05, 4.69) is 17.4 Å². The van der Waals surface area contributed by atoms with Gasteiger partial charge in [0.15, 0.2) is 0 Å². The monoisotopic (exact) mass is 283 g/mol. The van der Waals surface area contributed by atoms with E-state index >= 15 is 0 Å². The van der Waals surface area contributed by atoms with Crippen molar-refractivity contribution in [3.05, 3.63) is 53.0 Å².